The van der Waals surface area contributed by atoms with Crippen LogP contribution in [0.2, 0.25) is 0 Å². The zero-order valence-corrected chi connectivity index (χ0v) is 18.2. The van der Waals surface area contributed by atoms with Crippen molar-refractivity contribution in [2.24, 2.45) is 5.92 Å². The van der Waals surface area contributed by atoms with E-state index >= 15 is 0 Å². The SMILES string of the molecule is CCCN1CCN(Cc2ccncc2)CC(Cc2ccccc2-c2ccncc2)C1=O. The fourth-order valence-corrected chi connectivity index (χ4v) is 4.42. The number of rotatable bonds is 7. The average Bonchev–Trinajstić information content (AvgIpc) is 2.95. The van der Waals surface area contributed by atoms with E-state index in [1.165, 1.54) is 16.7 Å². The summed E-state index contributed by atoms with van der Waals surface area (Å²) in [7, 11) is 0. The maximum atomic E-state index is 13.5. The maximum absolute atomic E-state index is 13.5. The minimum Gasteiger partial charge on any atom is -0.341 e. The lowest BCUT2D eigenvalue weighted by Gasteiger charge is -2.24. The van der Waals surface area contributed by atoms with Gasteiger partial charge in [-0.25, -0.2) is 0 Å². The second-order valence-electron chi connectivity index (χ2n) is 8.21. The Balaban J connectivity index is 1.59. The van der Waals surface area contributed by atoms with Crippen LogP contribution in [-0.2, 0) is 17.8 Å². The number of amides is 1. The predicted molar refractivity (Wildman–Crippen MR) is 123 cm³/mol. The highest BCUT2D eigenvalue weighted by Crippen LogP contribution is 2.27. The molecule has 0 N–H and O–H groups in total. The van der Waals surface area contributed by atoms with E-state index in [0.29, 0.717) is 0 Å². The van der Waals surface area contributed by atoms with E-state index in [9.17, 15) is 4.79 Å². The van der Waals surface area contributed by atoms with E-state index in [4.69, 9.17) is 0 Å². The van der Waals surface area contributed by atoms with Crippen molar-refractivity contribution in [3.63, 3.8) is 0 Å². The highest BCUT2D eigenvalue weighted by Gasteiger charge is 2.30. The molecule has 1 amide bonds. The van der Waals surface area contributed by atoms with Crippen LogP contribution in [0, 0.1) is 5.92 Å². The third-order valence-electron chi connectivity index (χ3n) is 5.95. The largest absolute Gasteiger partial charge is 0.341 e. The third kappa shape index (κ3) is 5.36. The molecule has 5 heteroatoms. The molecule has 0 radical (unpaired) electrons. The first kappa shape index (κ1) is 21.2. The molecule has 0 saturated carbocycles. The average molecular weight is 415 g/mol. The summed E-state index contributed by atoms with van der Waals surface area (Å²) in [6, 6.07) is 16.6. The molecule has 1 aliphatic heterocycles. The zero-order chi connectivity index (χ0) is 21.5. The van der Waals surface area contributed by atoms with Crippen molar-refractivity contribution >= 4 is 5.91 Å². The number of hydrogen-bond donors (Lipinski definition) is 0. The number of pyridine rings is 2. The van der Waals surface area contributed by atoms with Gasteiger partial charge < -0.3 is 4.90 Å². The van der Waals surface area contributed by atoms with Crippen molar-refractivity contribution < 1.29 is 4.79 Å². The number of benzene rings is 1. The van der Waals surface area contributed by atoms with Crippen molar-refractivity contribution in [2.75, 3.05) is 26.2 Å². The quantitative estimate of drug-likeness (QED) is 0.585. The van der Waals surface area contributed by atoms with E-state index in [0.717, 1.165) is 51.1 Å². The van der Waals surface area contributed by atoms with Crippen LogP contribution < -0.4 is 0 Å². The normalized spacial score (nSPS) is 17.5. The maximum Gasteiger partial charge on any atom is 0.227 e. The van der Waals surface area contributed by atoms with Crippen LogP contribution in [-0.4, -0.2) is 51.9 Å². The lowest BCUT2D eigenvalue weighted by atomic mass is 9.91. The standard InChI is InChI=1S/C26H30N4O/c1-2-15-30-17-16-29(19-21-7-11-27-12-8-21)20-24(26(30)31)18-23-5-3-4-6-25(23)22-9-13-28-14-10-22/h3-14,24H,2,15-20H2,1H3. The van der Waals surface area contributed by atoms with Crippen LogP contribution in [0.15, 0.2) is 73.3 Å². The highest BCUT2D eigenvalue weighted by molar-refractivity contribution is 5.80. The summed E-state index contributed by atoms with van der Waals surface area (Å²) < 4.78 is 0. The van der Waals surface area contributed by atoms with Gasteiger partial charge in [0.05, 0.1) is 5.92 Å². The van der Waals surface area contributed by atoms with Crippen molar-refractivity contribution in [1.82, 2.24) is 19.8 Å². The summed E-state index contributed by atoms with van der Waals surface area (Å²) in [6.45, 7) is 6.27. The highest BCUT2D eigenvalue weighted by atomic mass is 16.2. The monoisotopic (exact) mass is 414 g/mol. The van der Waals surface area contributed by atoms with Gasteiger partial charge in [0.2, 0.25) is 5.91 Å². The Kier molecular flexibility index (Phi) is 7.05. The number of aromatic nitrogens is 2. The van der Waals surface area contributed by atoms with Gasteiger partial charge in [0.1, 0.15) is 0 Å². The van der Waals surface area contributed by atoms with Crippen LogP contribution in [0.3, 0.4) is 0 Å². The Hall–Kier alpha value is -3.05. The summed E-state index contributed by atoms with van der Waals surface area (Å²) in [6.07, 6.45) is 9.04. The fourth-order valence-electron chi connectivity index (χ4n) is 4.42. The molecule has 1 unspecified atom stereocenters. The van der Waals surface area contributed by atoms with Crippen molar-refractivity contribution in [3.05, 3.63) is 84.4 Å². The molecule has 1 saturated heterocycles. The first-order valence-corrected chi connectivity index (χ1v) is 11.1. The number of carbonyl (C=O) groups excluding carboxylic acids is 1. The van der Waals surface area contributed by atoms with Crippen LogP contribution in [0.25, 0.3) is 11.1 Å². The first-order valence-electron chi connectivity index (χ1n) is 11.1. The molecule has 5 nitrogen and oxygen atoms in total. The summed E-state index contributed by atoms with van der Waals surface area (Å²) in [5, 5.41) is 0. The molecule has 0 aliphatic carbocycles. The minimum atomic E-state index is -0.0566. The van der Waals surface area contributed by atoms with Crippen LogP contribution >= 0.6 is 0 Å². The Morgan fingerprint density at radius 2 is 1.65 bits per heavy atom. The second kappa shape index (κ2) is 10.3. The number of nitrogens with zero attached hydrogens (tertiary/aromatic N) is 4. The molecule has 4 rings (SSSR count). The second-order valence-corrected chi connectivity index (χ2v) is 8.21. The molecular formula is C26H30N4O. The summed E-state index contributed by atoms with van der Waals surface area (Å²) in [4.78, 5) is 26.2. The molecular weight excluding hydrogens is 384 g/mol. The summed E-state index contributed by atoms with van der Waals surface area (Å²) in [5.74, 6) is 0.225. The van der Waals surface area contributed by atoms with Gasteiger partial charge in [0.25, 0.3) is 0 Å². The minimum absolute atomic E-state index is 0.0566. The van der Waals surface area contributed by atoms with Gasteiger partial charge in [-0.3, -0.25) is 19.7 Å². The Labute approximate surface area is 184 Å². The van der Waals surface area contributed by atoms with Gasteiger partial charge in [-0.15, -0.1) is 0 Å². The van der Waals surface area contributed by atoms with Gasteiger partial charge in [-0.1, -0.05) is 31.2 Å². The predicted octanol–water partition coefficient (Wildman–Crippen LogP) is 4.06. The van der Waals surface area contributed by atoms with Crippen molar-refractivity contribution in [2.45, 2.75) is 26.3 Å². The summed E-state index contributed by atoms with van der Waals surface area (Å²) >= 11 is 0. The molecule has 1 aliphatic rings. The van der Waals surface area contributed by atoms with Crippen LogP contribution in [0.4, 0.5) is 0 Å². The molecule has 2 aromatic heterocycles. The topological polar surface area (TPSA) is 49.3 Å². The number of hydrogen-bond acceptors (Lipinski definition) is 4. The van der Waals surface area contributed by atoms with E-state index in [1.54, 1.807) is 0 Å². The van der Waals surface area contributed by atoms with E-state index < -0.39 is 0 Å². The fraction of sp³-hybridized carbons (Fsp3) is 0.346. The first-order chi connectivity index (χ1) is 15.2. The smallest absolute Gasteiger partial charge is 0.227 e. The van der Waals surface area contributed by atoms with Gasteiger partial charge in [-0.2, -0.15) is 0 Å². The van der Waals surface area contributed by atoms with E-state index in [2.05, 4.69) is 63.1 Å². The molecule has 1 atom stereocenters. The van der Waals surface area contributed by atoms with Gasteiger partial charge in [-0.05, 0) is 59.4 Å². The number of carbonyl (C=O) groups is 1. The zero-order valence-electron chi connectivity index (χ0n) is 18.2. The third-order valence-corrected chi connectivity index (χ3v) is 5.95. The molecule has 1 fully saturated rings. The lowest BCUT2D eigenvalue weighted by molar-refractivity contribution is -0.134. The van der Waals surface area contributed by atoms with Crippen LogP contribution in [0.5, 0.6) is 0 Å². The van der Waals surface area contributed by atoms with Gasteiger partial charge in [0.15, 0.2) is 0 Å². The molecule has 160 valence electrons. The summed E-state index contributed by atoms with van der Waals surface area (Å²) in [5.41, 5.74) is 4.78. The lowest BCUT2D eigenvalue weighted by Crippen LogP contribution is -2.37. The van der Waals surface area contributed by atoms with Gasteiger partial charge >= 0.3 is 0 Å². The Morgan fingerprint density at radius 1 is 0.935 bits per heavy atom. The van der Waals surface area contributed by atoms with Crippen LogP contribution in [0.1, 0.15) is 24.5 Å². The van der Waals surface area contributed by atoms with Crippen molar-refractivity contribution in [3.8, 4) is 11.1 Å². The Morgan fingerprint density at radius 3 is 2.39 bits per heavy atom. The molecule has 0 bridgehead atoms. The molecule has 1 aromatic carbocycles. The molecule has 3 aromatic rings. The molecule has 3 heterocycles. The Bertz CT molecular complexity index is 977. The van der Waals surface area contributed by atoms with Gasteiger partial charge in [0, 0.05) is 57.5 Å². The van der Waals surface area contributed by atoms with E-state index in [-0.39, 0.29) is 11.8 Å². The van der Waals surface area contributed by atoms with E-state index in [1.807, 2.05) is 36.9 Å². The van der Waals surface area contributed by atoms with Crippen molar-refractivity contribution in [1.29, 1.82) is 0 Å². The molecule has 31 heavy (non-hydrogen) atoms. The molecule has 0 spiro atoms.